The Labute approximate surface area is 158 Å². The van der Waals surface area contributed by atoms with Gasteiger partial charge in [-0.1, -0.05) is 53.4 Å². The summed E-state index contributed by atoms with van der Waals surface area (Å²) in [4.78, 5) is 24.4. The fraction of sp³-hybridized carbons (Fsp3) is 0.889. The van der Waals surface area contributed by atoms with Crippen molar-refractivity contribution in [2.75, 3.05) is 13.2 Å². The largest absolute Gasteiger partial charge is 0.699 e. The molecule has 0 bridgehead atoms. The van der Waals surface area contributed by atoms with Gasteiger partial charge in [-0.3, -0.25) is 0 Å². The van der Waals surface area contributed by atoms with E-state index in [1.807, 2.05) is 27.7 Å². The molecular formula is C18H34O7P+. The van der Waals surface area contributed by atoms with E-state index in [0.717, 1.165) is 0 Å². The summed E-state index contributed by atoms with van der Waals surface area (Å²) in [6, 6.07) is 0. The minimum Gasteiger partial charge on any atom is -0.464 e. The summed E-state index contributed by atoms with van der Waals surface area (Å²) in [6.45, 7) is 11.5. The highest BCUT2D eigenvalue weighted by Gasteiger charge is 2.43. The van der Waals surface area contributed by atoms with Crippen LogP contribution in [0.15, 0.2) is 0 Å². The monoisotopic (exact) mass is 393 g/mol. The lowest BCUT2D eigenvalue weighted by Crippen LogP contribution is -2.34. The van der Waals surface area contributed by atoms with Gasteiger partial charge in [0.25, 0.3) is 0 Å². The number of carbonyl (C=O) groups excluding carboxylic acids is 2. The van der Waals surface area contributed by atoms with Crippen LogP contribution in [0.4, 0.5) is 0 Å². The van der Waals surface area contributed by atoms with E-state index in [0.29, 0.717) is 25.7 Å². The van der Waals surface area contributed by atoms with Gasteiger partial charge in [0, 0.05) is 16.4 Å². The maximum absolute atomic E-state index is 12.4. The zero-order chi connectivity index (χ0) is 20.1. The van der Waals surface area contributed by atoms with Gasteiger partial charge in [0.1, 0.15) is 0 Å². The Morgan fingerprint density at radius 3 is 1.23 bits per heavy atom. The fourth-order valence-corrected chi connectivity index (χ4v) is 3.67. The lowest BCUT2D eigenvalue weighted by molar-refractivity contribution is -0.156. The van der Waals surface area contributed by atoms with Gasteiger partial charge < -0.3 is 9.47 Å². The number of rotatable bonds is 14. The van der Waals surface area contributed by atoms with Crippen LogP contribution in [0, 0.1) is 11.8 Å². The van der Waals surface area contributed by atoms with Crippen molar-refractivity contribution in [1.29, 1.82) is 0 Å². The van der Waals surface area contributed by atoms with E-state index in [-0.39, 0.29) is 25.0 Å². The van der Waals surface area contributed by atoms with Gasteiger partial charge in [0.05, 0.1) is 13.2 Å². The van der Waals surface area contributed by atoms with E-state index in [1.54, 1.807) is 13.8 Å². The zero-order valence-electron chi connectivity index (χ0n) is 16.9. The van der Waals surface area contributed by atoms with Crippen LogP contribution >= 0.6 is 8.25 Å². The van der Waals surface area contributed by atoms with Crippen LogP contribution in [0.5, 0.6) is 0 Å². The zero-order valence-corrected chi connectivity index (χ0v) is 17.8. The van der Waals surface area contributed by atoms with Gasteiger partial charge in [-0.05, 0) is 13.8 Å². The van der Waals surface area contributed by atoms with Crippen LogP contribution < -0.4 is 0 Å². The normalized spacial score (nSPS) is 14.2. The minimum absolute atomic E-state index is 0.147. The molecule has 0 saturated carbocycles. The SMILES string of the molecule is CCOC(=O)C(O[P+](=O)OC(C(=O)OCC)C(CC)CC)C(CC)CC. The van der Waals surface area contributed by atoms with Crippen molar-refractivity contribution < 1.29 is 32.7 Å². The third-order valence-electron chi connectivity index (χ3n) is 4.39. The highest BCUT2D eigenvalue weighted by Crippen LogP contribution is 2.35. The average Bonchev–Trinajstić information content (AvgIpc) is 2.62. The van der Waals surface area contributed by atoms with Crippen LogP contribution in [0.2, 0.25) is 0 Å². The second-order valence-electron chi connectivity index (χ2n) is 5.93. The number of hydrogen-bond acceptors (Lipinski definition) is 7. The Kier molecular flexibility index (Phi) is 13.5. The molecule has 2 unspecified atom stereocenters. The summed E-state index contributed by atoms with van der Waals surface area (Å²) < 4.78 is 33.3. The van der Waals surface area contributed by atoms with E-state index >= 15 is 0 Å². The first-order valence-corrected chi connectivity index (χ1v) is 10.6. The molecule has 0 rings (SSSR count). The quantitative estimate of drug-likeness (QED) is 0.319. The number of esters is 2. The van der Waals surface area contributed by atoms with E-state index in [4.69, 9.17) is 18.5 Å². The molecule has 0 fully saturated rings. The van der Waals surface area contributed by atoms with Gasteiger partial charge >= 0.3 is 20.2 Å². The molecule has 0 aromatic heterocycles. The maximum Gasteiger partial charge on any atom is 0.699 e. The lowest BCUT2D eigenvalue weighted by atomic mass is 9.97. The highest BCUT2D eigenvalue weighted by atomic mass is 31.1. The first-order chi connectivity index (χ1) is 12.4. The van der Waals surface area contributed by atoms with E-state index < -0.39 is 32.4 Å². The Balaban J connectivity index is 5.23. The maximum atomic E-state index is 12.4. The predicted octanol–water partition coefficient (Wildman–Crippen LogP) is 4.41. The Morgan fingerprint density at radius 2 is 1.00 bits per heavy atom. The molecule has 0 saturated heterocycles. The molecule has 0 aromatic carbocycles. The molecule has 7 nitrogen and oxygen atoms in total. The van der Waals surface area contributed by atoms with Gasteiger partial charge in [-0.15, -0.1) is 9.05 Å². The summed E-state index contributed by atoms with van der Waals surface area (Å²) in [5.41, 5.74) is 0. The average molecular weight is 393 g/mol. The van der Waals surface area contributed by atoms with Crippen LogP contribution in [0.3, 0.4) is 0 Å². The van der Waals surface area contributed by atoms with Crippen LogP contribution in [-0.4, -0.2) is 37.4 Å². The van der Waals surface area contributed by atoms with Crippen molar-refractivity contribution in [2.24, 2.45) is 11.8 Å². The molecule has 0 N–H and O–H groups in total. The molecule has 0 radical (unpaired) electrons. The van der Waals surface area contributed by atoms with Crippen molar-refractivity contribution >= 4 is 20.2 Å². The smallest absolute Gasteiger partial charge is 0.464 e. The molecule has 152 valence electrons. The fourth-order valence-electron chi connectivity index (χ4n) is 2.74. The molecule has 2 atom stereocenters. The van der Waals surface area contributed by atoms with Crippen molar-refractivity contribution in [2.45, 2.75) is 79.4 Å². The molecule has 0 amide bonds. The third-order valence-corrected chi connectivity index (χ3v) is 5.19. The second-order valence-corrected chi connectivity index (χ2v) is 6.80. The molecule has 0 aliphatic carbocycles. The Bertz CT molecular complexity index is 395. The van der Waals surface area contributed by atoms with E-state index in [1.165, 1.54) is 0 Å². The summed E-state index contributed by atoms with van der Waals surface area (Å²) >= 11 is 0. The number of hydrogen-bond donors (Lipinski definition) is 0. The Hall–Kier alpha value is -1.04. The summed E-state index contributed by atoms with van der Waals surface area (Å²) in [7, 11) is -2.69. The van der Waals surface area contributed by atoms with Gasteiger partial charge in [-0.25, -0.2) is 9.59 Å². The molecule has 0 spiro atoms. The molecule has 0 aliphatic rings. The second kappa shape index (κ2) is 14.1. The molecular weight excluding hydrogens is 359 g/mol. The molecule has 8 heteroatoms. The number of ether oxygens (including phenoxy) is 2. The Morgan fingerprint density at radius 1 is 0.692 bits per heavy atom. The first-order valence-electron chi connectivity index (χ1n) is 9.53. The molecule has 26 heavy (non-hydrogen) atoms. The lowest BCUT2D eigenvalue weighted by Gasteiger charge is -2.20. The topological polar surface area (TPSA) is 88.1 Å². The molecule has 0 aliphatic heterocycles. The van der Waals surface area contributed by atoms with E-state index in [2.05, 4.69) is 0 Å². The van der Waals surface area contributed by atoms with Crippen molar-refractivity contribution in [3.05, 3.63) is 0 Å². The molecule has 0 aromatic rings. The standard InChI is InChI=1S/C18H34O7P/c1-7-13(8-2)15(17(19)22-11-5)24-26(21)25-16(14(9-3)10-4)18(20)23-12-6/h13-16H,7-12H2,1-6H3/q+1. The van der Waals surface area contributed by atoms with Crippen molar-refractivity contribution in [3.63, 3.8) is 0 Å². The minimum atomic E-state index is -2.69. The van der Waals surface area contributed by atoms with Crippen LogP contribution in [-0.2, 0) is 32.7 Å². The summed E-state index contributed by atoms with van der Waals surface area (Å²) in [5, 5.41) is 0. The third kappa shape index (κ3) is 8.11. The summed E-state index contributed by atoms with van der Waals surface area (Å²) in [6.07, 6.45) is 0.679. The van der Waals surface area contributed by atoms with E-state index in [9.17, 15) is 14.2 Å². The van der Waals surface area contributed by atoms with Crippen molar-refractivity contribution in [3.8, 4) is 0 Å². The first kappa shape index (κ1) is 25.0. The summed E-state index contributed by atoms with van der Waals surface area (Å²) in [5.74, 6) is -1.43. The van der Waals surface area contributed by atoms with Crippen LogP contribution in [0.1, 0.15) is 67.2 Å². The van der Waals surface area contributed by atoms with Gasteiger partial charge in [0.2, 0.25) is 12.2 Å². The number of carbonyl (C=O) groups is 2. The van der Waals surface area contributed by atoms with Gasteiger partial charge in [0.15, 0.2) is 0 Å². The molecule has 0 heterocycles. The highest BCUT2D eigenvalue weighted by molar-refractivity contribution is 7.33. The van der Waals surface area contributed by atoms with Crippen LogP contribution in [0.25, 0.3) is 0 Å². The predicted molar refractivity (Wildman–Crippen MR) is 98.8 cm³/mol. The van der Waals surface area contributed by atoms with Crippen molar-refractivity contribution in [1.82, 2.24) is 0 Å². The van der Waals surface area contributed by atoms with Gasteiger partial charge in [-0.2, -0.15) is 0 Å².